The maximum Gasteiger partial charge on any atom is 0.135 e. The predicted molar refractivity (Wildman–Crippen MR) is 210 cm³/mol. The molecule has 0 fully saturated rings. The molecule has 2 heteroatoms. The van der Waals surface area contributed by atoms with Gasteiger partial charge in [-0.1, -0.05) is 109 Å². The Bertz CT molecular complexity index is 3160. The number of para-hydroxylation sites is 2. The Morgan fingerprint density at radius 2 is 0.780 bits per heavy atom. The molecule has 0 saturated carbocycles. The molecule has 50 heavy (non-hydrogen) atoms. The van der Waals surface area contributed by atoms with E-state index in [-0.39, 0.29) is 0 Å². The topological polar surface area (TPSA) is 26.3 Å². The number of hydrogen-bond donors (Lipinski definition) is 0. The molecule has 0 unspecified atom stereocenters. The first kappa shape index (κ1) is 27.3. The first-order valence-corrected chi connectivity index (χ1v) is 17.1. The van der Waals surface area contributed by atoms with Gasteiger partial charge >= 0.3 is 0 Å². The van der Waals surface area contributed by atoms with Crippen molar-refractivity contribution in [2.45, 2.75) is 0 Å². The molecule has 0 atom stereocenters. The minimum absolute atomic E-state index is 0.895. The first-order valence-electron chi connectivity index (χ1n) is 17.1. The minimum Gasteiger partial charge on any atom is -0.456 e. The van der Waals surface area contributed by atoms with Crippen LogP contribution < -0.4 is 0 Å². The zero-order chi connectivity index (χ0) is 32.8. The lowest BCUT2D eigenvalue weighted by Gasteiger charge is -2.18. The molecular formula is C48H28O2. The van der Waals surface area contributed by atoms with Crippen molar-refractivity contribution in [3.8, 4) is 33.4 Å². The van der Waals surface area contributed by atoms with Crippen LogP contribution in [-0.4, -0.2) is 0 Å². The average molecular weight is 637 g/mol. The lowest BCUT2D eigenvalue weighted by atomic mass is 9.85. The van der Waals surface area contributed by atoms with Crippen LogP contribution in [0.25, 0.3) is 110 Å². The van der Waals surface area contributed by atoms with Crippen LogP contribution in [-0.2, 0) is 0 Å². The molecule has 2 aromatic heterocycles. The maximum absolute atomic E-state index is 6.26. The van der Waals surface area contributed by atoms with Gasteiger partial charge in [-0.2, -0.15) is 0 Å². The van der Waals surface area contributed by atoms with Crippen molar-refractivity contribution in [1.82, 2.24) is 0 Å². The largest absolute Gasteiger partial charge is 0.456 e. The lowest BCUT2D eigenvalue weighted by molar-refractivity contribution is 0.668. The molecule has 2 heterocycles. The molecule has 0 amide bonds. The molecular weight excluding hydrogens is 609 g/mol. The molecule has 11 aromatic rings. The summed E-state index contributed by atoms with van der Waals surface area (Å²) >= 11 is 0. The maximum atomic E-state index is 6.26. The molecule has 0 aliphatic heterocycles. The third-order valence-corrected chi connectivity index (χ3v) is 10.4. The van der Waals surface area contributed by atoms with E-state index in [9.17, 15) is 0 Å². The molecule has 0 saturated heterocycles. The average Bonchev–Trinajstić information content (AvgIpc) is 3.74. The summed E-state index contributed by atoms with van der Waals surface area (Å²) in [5, 5.41) is 11.9. The van der Waals surface area contributed by atoms with Crippen LogP contribution in [0.3, 0.4) is 0 Å². The molecule has 0 spiro atoms. The fourth-order valence-corrected chi connectivity index (χ4v) is 8.04. The summed E-state index contributed by atoms with van der Waals surface area (Å²) in [6, 6.07) is 61.2. The smallest absolute Gasteiger partial charge is 0.135 e. The number of fused-ring (bicyclic) bond motifs is 9. The summed E-state index contributed by atoms with van der Waals surface area (Å²) in [4.78, 5) is 0. The Balaban J connectivity index is 1.25. The highest BCUT2D eigenvalue weighted by atomic mass is 16.3. The van der Waals surface area contributed by atoms with E-state index in [1.165, 1.54) is 54.6 Å². The fraction of sp³-hybridized carbons (Fsp3) is 0. The second kappa shape index (κ2) is 10.4. The standard InChI is InChI=1S/C48H28O2/c1-2-10-30-23-34(18-17-29(30)9-1)48-36-12-4-3-11-31(36)24-35-27-39(32-19-21-46-42(25-32)37-13-5-7-15-44(37)49-46)40(28-41(35)48)33-20-22-47-43(26-33)38-14-6-8-16-45(38)50-47/h1-28H. The zero-order valence-corrected chi connectivity index (χ0v) is 27.0. The molecule has 232 valence electrons. The van der Waals surface area contributed by atoms with Crippen LogP contribution >= 0.6 is 0 Å². The molecule has 0 bridgehead atoms. The van der Waals surface area contributed by atoms with Crippen molar-refractivity contribution in [1.29, 1.82) is 0 Å². The Hall–Kier alpha value is -6.64. The van der Waals surface area contributed by atoms with E-state index in [0.717, 1.165) is 55.0 Å². The normalized spacial score (nSPS) is 12.0. The van der Waals surface area contributed by atoms with Crippen LogP contribution in [0.5, 0.6) is 0 Å². The van der Waals surface area contributed by atoms with Gasteiger partial charge in [0.2, 0.25) is 0 Å². The Labute approximate surface area is 287 Å². The molecule has 0 aliphatic carbocycles. The van der Waals surface area contributed by atoms with Gasteiger partial charge in [0.15, 0.2) is 0 Å². The van der Waals surface area contributed by atoms with Crippen molar-refractivity contribution in [2.75, 3.05) is 0 Å². The van der Waals surface area contributed by atoms with Crippen molar-refractivity contribution in [2.24, 2.45) is 0 Å². The number of rotatable bonds is 3. The van der Waals surface area contributed by atoms with E-state index in [1.54, 1.807) is 0 Å². The van der Waals surface area contributed by atoms with Crippen molar-refractivity contribution in [3.63, 3.8) is 0 Å². The summed E-state index contributed by atoms with van der Waals surface area (Å²) in [6.07, 6.45) is 0. The van der Waals surface area contributed by atoms with Gasteiger partial charge in [-0.15, -0.1) is 0 Å². The van der Waals surface area contributed by atoms with Crippen LogP contribution in [0.15, 0.2) is 179 Å². The summed E-state index contributed by atoms with van der Waals surface area (Å²) in [7, 11) is 0. The van der Waals surface area contributed by atoms with E-state index in [2.05, 4.69) is 146 Å². The van der Waals surface area contributed by atoms with E-state index < -0.39 is 0 Å². The number of hydrogen-bond acceptors (Lipinski definition) is 2. The summed E-state index contributed by atoms with van der Waals surface area (Å²) in [5.74, 6) is 0. The van der Waals surface area contributed by atoms with Crippen LogP contribution in [0.1, 0.15) is 0 Å². The predicted octanol–water partition coefficient (Wildman–Crippen LogP) is 13.9. The van der Waals surface area contributed by atoms with Gasteiger partial charge in [-0.3, -0.25) is 0 Å². The molecule has 2 nitrogen and oxygen atoms in total. The summed E-state index contributed by atoms with van der Waals surface area (Å²) in [5.41, 5.74) is 10.7. The van der Waals surface area contributed by atoms with Crippen molar-refractivity contribution in [3.05, 3.63) is 170 Å². The second-order valence-corrected chi connectivity index (χ2v) is 13.3. The van der Waals surface area contributed by atoms with E-state index in [0.29, 0.717) is 0 Å². The number of furan rings is 2. The van der Waals surface area contributed by atoms with Crippen LogP contribution in [0.4, 0.5) is 0 Å². The van der Waals surface area contributed by atoms with Gasteiger partial charge in [0.05, 0.1) is 0 Å². The SMILES string of the molecule is c1ccc2cc(-c3c4ccccc4cc4cc(-c5ccc6oc7ccccc7c6c5)c(-c5ccc6oc7ccccc7c6c5)cc34)ccc2c1. The Morgan fingerprint density at radius 1 is 0.260 bits per heavy atom. The summed E-state index contributed by atoms with van der Waals surface area (Å²) in [6.45, 7) is 0. The minimum atomic E-state index is 0.895. The quantitative estimate of drug-likeness (QED) is 0.180. The second-order valence-electron chi connectivity index (χ2n) is 13.3. The first-order chi connectivity index (χ1) is 24.7. The molecule has 0 N–H and O–H groups in total. The third-order valence-electron chi connectivity index (χ3n) is 10.4. The summed E-state index contributed by atoms with van der Waals surface area (Å²) < 4.78 is 12.5. The van der Waals surface area contributed by atoms with Crippen LogP contribution in [0, 0.1) is 0 Å². The van der Waals surface area contributed by atoms with Gasteiger partial charge in [0.25, 0.3) is 0 Å². The highest BCUT2D eigenvalue weighted by Gasteiger charge is 2.18. The van der Waals surface area contributed by atoms with Gasteiger partial charge < -0.3 is 8.83 Å². The van der Waals surface area contributed by atoms with E-state index in [1.807, 2.05) is 24.3 Å². The number of benzene rings is 9. The molecule has 0 radical (unpaired) electrons. The third kappa shape index (κ3) is 4.09. The molecule has 9 aromatic carbocycles. The monoisotopic (exact) mass is 636 g/mol. The fourth-order valence-electron chi connectivity index (χ4n) is 8.04. The van der Waals surface area contributed by atoms with E-state index >= 15 is 0 Å². The van der Waals surface area contributed by atoms with E-state index in [4.69, 9.17) is 8.83 Å². The lowest BCUT2D eigenvalue weighted by Crippen LogP contribution is -1.91. The Kier molecular flexibility index (Phi) is 5.70. The van der Waals surface area contributed by atoms with Gasteiger partial charge in [0.1, 0.15) is 22.3 Å². The van der Waals surface area contributed by atoms with Gasteiger partial charge in [0, 0.05) is 21.5 Å². The molecule has 11 rings (SSSR count). The van der Waals surface area contributed by atoms with Crippen LogP contribution in [0.2, 0.25) is 0 Å². The highest BCUT2D eigenvalue weighted by molar-refractivity contribution is 6.16. The van der Waals surface area contributed by atoms with Crippen molar-refractivity contribution < 1.29 is 8.83 Å². The Morgan fingerprint density at radius 3 is 1.46 bits per heavy atom. The highest BCUT2D eigenvalue weighted by Crippen LogP contribution is 2.45. The van der Waals surface area contributed by atoms with Gasteiger partial charge in [-0.05, 0) is 126 Å². The zero-order valence-electron chi connectivity index (χ0n) is 27.0. The van der Waals surface area contributed by atoms with Crippen molar-refractivity contribution >= 4 is 76.2 Å². The van der Waals surface area contributed by atoms with Gasteiger partial charge in [-0.25, -0.2) is 0 Å². The molecule has 0 aliphatic rings.